The standard InChI is InChI=1S/C3H7NO2.CHN/c1-6-3(5)2-4;1-2/h2,4H2,1H3;1H. The molecule has 0 spiro atoms. The van der Waals surface area contributed by atoms with Crippen molar-refractivity contribution in [2.45, 2.75) is 0 Å². The Kier molecular flexibility index (Phi) is 11.7. The van der Waals surface area contributed by atoms with Crippen LogP contribution in [0.1, 0.15) is 0 Å². The van der Waals surface area contributed by atoms with Crippen LogP contribution < -0.4 is 5.73 Å². The molecular formula is C4H8N2O2. The Hall–Kier alpha value is -1.08. The van der Waals surface area contributed by atoms with Gasteiger partial charge >= 0.3 is 5.97 Å². The lowest BCUT2D eigenvalue weighted by atomic mass is 10.7. The van der Waals surface area contributed by atoms with Gasteiger partial charge in [0.25, 0.3) is 0 Å². The van der Waals surface area contributed by atoms with Gasteiger partial charge in [-0.05, 0) is 0 Å². The lowest BCUT2D eigenvalue weighted by molar-refractivity contribution is -0.138. The molecule has 0 aromatic carbocycles. The summed E-state index contributed by atoms with van der Waals surface area (Å²) in [5, 5.41) is 6.50. The molecule has 0 aromatic heterocycles. The molecule has 0 heterocycles. The van der Waals surface area contributed by atoms with Crippen LogP contribution in [0, 0.1) is 11.8 Å². The van der Waals surface area contributed by atoms with Crippen LogP contribution in [0.3, 0.4) is 0 Å². The third-order valence-electron chi connectivity index (χ3n) is 0.394. The molecule has 0 unspecified atom stereocenters. The van der Waals surface area contributed by atoms with Gasteiger partial charge in [-0.3, -0.25) is 4.79 Å². The Morgan fingerprint density at radius 3 is 2.25 bits per heavy atom. The van der Waals surface area contributed by atoms with E-state index in [0.717, 1.165) is 0 Å². The average Bonchev–Trinajstić information content (AvgIpc) is 1.91. The van der Waals surface area contributed by atoms with Crippen molar-refractivity contribution in [3.63, 3.8) is 0 Å². The maximum absolute atomic E-state index is 9.83. The molecule has 0 atom stereocenters. The first kappa shape index (κ1) is 10.0. The van der Waals surface area contributed by atoms with Gasteiger partial charge in [0.15, 0.2) is 0 Å². The summed E-state index contributed by atoms with van der Waals surface area (Å²) in [4.78, 5) is 9.83. The van der Waals surface area contributed by atoms with Crippen LogP contribution in [0.4, 0.5) is 0 Å². The Labute approximate surface area is 47.8 Å². The third-order valence-corrected chi connectivity index (χ3v) is 0.394. The molecule has 4 nitrogen and oxygen atoms in total. The van der Waals surface area contributed by atoms with E-state index in [1.807, 2.05) is 0 Å². The SMILES string of the molecule is C#N.COC(=O)CN. The number of esters is 1. The van der Waals surface area contributed by atoms with Crippen LogP contribution in [0.25, 0.3) is 0 Å². The maximum atomic E-state index is 9.83. The second-order valence-corrected chi connectivity index (χ2v) is 0.780. The summed E-state index contributed by atoms with van der Waals surface area (Å²) in [6.07, 6.45) is 0. The Morgan fingerprint density at radius 2 is 2.25 bits per heavy atom. The number of nitrogens with two attached hydrogens (primary N) is 1. The van der Waals surface area contributed by atoms with E-state index in [0.29, 0.717) is 0 Å². The van der Waals surface area contributed by atoms with E-state index in [9.17, 15) is 4.79 Å². The van der Waals surface area contributed by atoms with E-state index in [-0.39, 0.29) is 12.5 Å². The van der Waals surface area contributed by atoms with Gasteiger partial charge in [0, 0.05) is 6.57 Å². The van der Waals surface area contributed by atoms with Gasteiger partial charge in [-0.15, -0.1) is 0 Å². The summed E-state index contributed by atoms with van der Waals surface area (Å²) >= 11 is 0. The Balaban J connectivity index is 0. The molecule has 0 fully saturated rings. The molecule has 0 saturated carbocycles. The van der Waals surface area contributed by atoms with E-state index in [2.05, 4.69) is 11.3 Å². The van der Waals surface area contributed by atoms with Crippen molar-refractivity contribution >= 4 is 5.97 Å². The molecule has 0 aliphatic heterocycles. The lowest BCUT2D eigenvalue weighted by Gasteiger charge is -1.87. The number of methoxy groups -OCH3 is 1. The number of nitrogens with zero attached hydrogens (tertiary/aromatic N) is 1. The van der Waals surface area contributed by atoms with Gasteiger partial charge < -0.3 is 10.5 Å². The average molecular weight is 116 g/mol. The number of nitriles is 1. The highest BCUT2D eigenvalue weighted by Gasteiger charge is 1.87. The molecule has 0 aromatic rings. The van der Waals surface area contributed by atoms with Gasteiger partial charge in [0.2, 0.25) is 0 Å². The van der Waals surface area contributed by atoms with Gasteiger partial charge in [0.1, 0.15) is 0 Å². The molecular weight excluding hydrogens is 108 g/mol. The number of hydrogen-bond donors (Lipinski definition) is 1. The fraction of sp³-hybridized carbons (Fsp3) is 0.500. The van der Waals surface area contributed by atoms with Gasteiger partial charge in [-0.1, -0.05) is 0 Å². The van der Waals surface area contributed by atoms with Gasteiger partial charge in [-0.25, -0.2) is 5.26 Å². The minimum absolute atomic E-state index is 0.0312. The number of rotatable bonds is 1. The van der Waals surface area contributed by atoms with Gasteiger partial charge in [-0.2, -0.15) is 0 Å². The van der Waals surface area contributed by atoms with Crippen LogP contribution in [0.15, 0.2) is 0 Å². The van der Waals surface area contributed by atoms with Crippen molar-refractivity contribution in [3.05, 3.63) is 0 Å². The van der Waals surface area contributed by atoms with E-state index in [1.54, 1.807) is 0 Å². The maximum Gasteiger partial charge on any atom is 0.319 e. The number of hydrogen-bond acceptors (Lipinski definition) is 4. The summed E-state index contributed by atoms with van der Waals surface area (Å²) < 4.78 is 4.14. The zero-order valence-electron chi connectivity index (χ0n) is 4.63. The fourth-order valence-electron chi connectivity index (χ4n) is 0.0833. The van der Waals surface area contributed by atoms with E-state index in [1.165, 1.54) is 7.11 Å². The molecule has 0 amide bonds. The van der Waals surface area contributed by atoms with Crippen molar-refractivity contribution in [2.24, 2.45) is 5.73 Å². The van der Waals surface area contributed by atoms with Crippen molar-refractivity contribution < 1.29 is 9.53 Å². The second-order valence-electron chi connectivity index (χ2n) is 0.780. The summed E-state index contributed by atoms with van der Waals surface area (Å²) in [5.74, 6) is -0.380. The largest absolute Gasteiger partial charge is 0.468 e. The zero-order valence-corrected chi connectivity index (χ0v) is 4.63. The monoisotopic (exact) mass is 116 g/mol. The predicted molar refractivity (Wildman–Crippen MR) is 27.7 cm³/mol. The van der Waals surface area contributed by atoms with Crippen molar-refractivity contribution in [2.75, 3.05) is 13.7 Å². The van der Waals surface area contributed by atoms with Crippen molar-refractivity contribution in [1.82, 2.24) is 0 Å². The van der Waals surface area contributed by atoms with Gasteiger partial charge in [0.05, 0.1) is 13.7 Å². The molecule has 0 radical (unpaired) electrons. The topological polar surface area (TPSA) is 76.1 Å². The summed E-state index contributed by atoms with van der Waals surface area (Å²) in [6, 6.07) is 0. The molecule has 0 bridgehead atoms. The molecule has 0 aliphatic carbocycles. The van der Waals surface area contributed by atoms with Crippen LogP contribution >= 0.6 is 0 Å². The summed E-state index contributed by atoms with van der Waals surface area (Å²) in [6.45, 7) is 3.47. The Morgan fingerprint density at radius 1 is 1.88 bits per heavy atom. The highest BCUT2D eigenvalue weighted by molar-refractivity contribution is 5.70. The highest BCUT2D eigenvalue weighted by atomic mass is 16.5. The quantitative estimate of drug-likeness (QED) is 0.457. The lowest BCUT2D eigenvalue weighted by Crippen LogP contribution is -2.14. The molecule has 8 heavy (non-hydrogen) atoms. The first-order valence-electron chi connectivity index (χ1n) is 1.84. The molecule has 2 N–H and O–H groups in total. The normalized spacial score (nSPS) is 6.00. The molecule has 0 rings (SSSR count). The Bertz CT molecular complexity index is 73.4. The second kappa shape index (κ2) is 9.33. The fourth-order valence-corrected chi connectivity index (χ4v) is 0.0833. The molecule has 0 aliphatic rings. The number of carbonyl (C=O) groups is 1. The van der Waals surface area contributed by atoms with Crippen LogP contribution in [0.2, 0.25) is 0 Å². The van der Waals surface area contributed by atoms with E-state index < -0.39 is 0 Å². The summed E-state index contributed by atoms with van der Waals surface area (Å²) in [7, 11) is 1.30. The molecule has 4 heteroatoms. The smallest absolute Gasteiger partial charge is 0.319 e. The van der Waals surface area contributed by atoms with Crippen LogP contribution in [-0.4, -0.2) is 19.6 Å². The van der Waals surface area contributed by atoms with Crippen LogP contribution in [0.5, 0.6) is 0 Å². The molecule has 0 saturated heterocycles. The summed E-state index contributed by atoms with van der Waals surface area (Å²) in [5.41, 5.74) is 4.81. The molecule has 46 valence electrons. The first-order chi connectivity index (χ1) is 3.81. The third kappa shape index (κ3) is 8.87. The van der Waals surface area contributed by atoms with Crippen LogP contribution in [-0.2, 0) is 9.53 Å². The van der Waals surface area contributed by atoms with Crippen molar-refractivity contribution in [3.8, 4) is 6.57 Å². The minimum Gasteiger partial charge on any atom is -0.468 e. The number of ether oxygens (including phenoxy) is 1. The highest BCUT2D eigenvalue weighted by Crippen LogP contribution is 1.61. The number of carbonyl (C=O) groups excluding carboxylic acids is 1. The predicted octanol–water partition coefficient (Wildman–Crippen LogP) is -0.742. The van der Waals surface area contributed by atoms with E-state index >= 15 is 0 Å². The first-order valence-corrected chi connectivity index (χ1v) is 1.84. The minimum atomic E-state index is -0.380. The van der Waals surface area contributed by atoms with E-state index in [4.69, 9.17) is 11.0 Å². The zero-order chi connectivity index (χ0) is 6.99. The van der Waals surface area contributed by atoms with Crippen molar-refractivity contribution in [1.29, 1.82) is 5.26 Å².